The molecule has 2 rings (SSSR count). The monoisotopic (exact) mass is 290 g/mol. The maximum absolute atomic E-state index is 10.8. The van der Waals surface area contributed by atoms with Gasteiger partial charge in [-0.1, -0.05) is 35.9 Å². The van der Waals surface area contributed by atoms with Crippen LogP contribution in [-0.2, 0) is 10.0 Å². The minimum absolute atomic E-state index is 0.0996. The predicted octanol–water partition coefficient (Wildman–Crippen LogP) is 3.05. The van der Waals surface area contributed by atoms with Gasteiger partial charge in [-0.2, -0.15) is 0 Å². The van der Waals surface area contributed by atoms with Crippen molar-refractivity contribution < 1.29 is 8.42 Å². The fourth-order valence-corrected chi connectivity index (χ4v) is 1.92. The van der Waals surface area contributed by atoms with Crippen molar-refractivity contribution in [2.45, 2.75) is 18.7 Å². The summed E-state index contributed by atoms with van der Waals surface area (Å²) in [4.78, 5) is 4.07. The van der Waals surface area contributed by atoms with Crippen LogP contribution in [-0.4, -0.2) is 14.6 Å². The van der Waals surface area contributed by atoms with Crippen LogP contribution >= 0.6 is 0 Å². The third-order valence-corrected chi connectivity index (χ3v) is 3.31. The molecule has 0 spiro atoms. The summed E-state index contributed by atoms with van der Waals surface area (Å²) >= 11 is 0. The summed E-state index contributed by atoms with van der Waals surface area (Å²) in [6.07, 6.45) is 1.63. The highest BCUT2D eigenvalue weighted by atomic mass is 32.2. The standard InChI is InChI=1S/C8H10N2O2S.C7H8/c1-2-10-7-3-5-8(6-4-7)13(9,11)12;1-7-5-3-2-4-6-7/h2-6H,1H3,(H2,9,11,12);2-6H,1H3. The Kier molecular flexibility index (Phi) is 6.09. The Morgan fingerprint density at radius 3 is 1.90 bits per heavy atom. The Balaban J connectivity index is 0.000000240. The number of aryl methyl sites for hydroxylation is 1. The molecule has 4 nitrogen and oxygen atoms in total. The van der Waals surface area contributed by atoms with Gasteiger partial charge in [0.2, 0.25) is 10.0 Å². The molecule has 0 heterocycles. The Hall–Kier alpha value is -1.98. The van der Waals surface area contributed by atoms with Crippen molar-refractivity contribution in [1.82, 2.24) is 0 Å². The number of aliphatic imine (C=N–C) groups is 1. The molecule has 0 aliphatic rings. The van der Waals surface area contributed by atoms with Gasteiger partial charge >= 0.3 is 0 Å². The number of benzene rings is 2. The van der Waals surface area contributed by atoms with Gasteiger partial charge in [0.1, 0.15) is 0 Å². The number of hydrogen-bond acceptors (Lipinski definition) is 3. The number of rotatable bonds is 2. The van der Waals surface area contributed by atoms with Gasteiger partial charge in [-0.05, 0) is 38.1 Å². The van der Waals surface area contributed by atoms with Gasteiger partial charge in [-0.3, -0.25) is 4.99 Å². The van der Waals surface area contributed by atoms with Gasteiger partial charge in [0.05, 0.1) is 10.6 Å². The molecule has 106 valence electrons. The zero-order valence-corrected chi connectivity index (χ0v) is 12.3. The molecule has 0 amide bonds. The zero-order valence-electron chi connectivity index (χ0n) is 11.5. The van der Waals surface area contributed by atoms with E-state index in [0.717, 1.165) is 0 Å². The van der Waals surface area contributed by atoms with Crippen molar-refractivity contribution in [3.05, 3.63) is 60.2 Å². The summed E-state index contributed by atoms with van der Waals surface area (Å²) in [6.45, 7) is 3.87. The number of nitrogens with zero attached hydrogens (tertiary/aromatic N) is 1. The average Bonchev–Trinajstić information content (AvgIpc) is 2.40. The second-order valence-electron chi connectivity index (χ2n) is 4.08. The number of nitrogens with two attached hydrogens (primary N) is 1. The Morgan fingerprint density at radius 1 is 1.00 bits per heavy atom. The lowest BCUT2D eigenvalue weighted by atomic mass is 10.2. The summed E-state index contributed by atoms with van der Waals surface area (Å²) in [7, 11) is -3.59. The topological polar surface area (TPSA) is 72.5 Å². The first-order valence-electron chi connectivity index (χ1n) is 6.06. The van der Waals surface area contributed by atoms with Crippen molar-refractivity contribution >= 4 is 21.9 Å². The summed E-state index contributed by atoms with van der Waals surface area (Å²) in [6, 6.07) is 16.3. The van der Waals surface area contributed by atoms with Crippen LogP contribution in [0.25, 0.3) is 0 Å². The lowest BCUT2D eigenvalue weighted by molar-refractivity contribution is 0.598. The second-order valence-corrected chi connectivity index (χ2v) is 5.64. The number of hydrogen-bond donors (Lipinski definition) is 1. The molecule has 0 saturated carbocycles. The number of sulfonamides is 1. The highest BCUT2D eigenvalue weighted by molar-refractivity contribution is 7.89. The Labute approximate surface area is 120 Å². The van der Waals surface area contributed by atoms with Crippen molar-refractivity contribution in [2.24, 2.45) is 10.1 Å². The summed E-state index contributed by atoms with van der Waals surface area (Å²) in [5.74, 6) is 0. The average molecular weight is 290 g/mol. The molecule has 0 bridgehead atoms. The maximum atomic E-state index is 10.8. The second kappa shape index (κ2) is 7.57. The fourth-order valence-electron chi connectivity index (χ4n) is 1.41. The first-order chi connectivity index (χ1) is 9.43. The van der Waals surface area contributed by atoms with Gasteiger partial charge in [0.25, 0.3) is 0 Å². The minimum atomic E-state index is -3.59. The first-order valence-corrected chi connectivity index (χ1v) is 7.61. The molecule has 2 N–H and O–H groups in total. The van der Waals surface area contributed by atoms with Crippen LogP contribution in [0.5, 0.6) is 0 Å². The predicted molar refractivity (Wildman–Crippen MR) is 82.8 cm³/mol. The van der Waals surface area contributed by atoms with Gasteiger partial charge in [0, 0.05) is 6.21 Å². The molecule has 0 radical (unpaired) electrons. The van der Waals surface area contributed by atoms with E-state index in [2.05, 4.69) is 24.0 Å². The third kappa shape index (κ3) is 5.77. The van der Waals surface area contributed by atoms with Crippen LogP contribution in [0.3, 0.4) is 0 Å². The molecule has 0 atom stereocenters. The van der Waals surface area contributed by atoms with Gasteiger partial charge < -0.3 is 0 Å². The molecule has 0 unspecified atom stereocenters. The Bertz CT molecular complexity index is 648. The van der Waals surface area contributed by atoms with Crippen molar-refractivity contribution in [3.8, 4) is 0 Å². The zero-order chi connectivity index (χ0) is 15.0. The van der Waals surface area contributed by atoms with Crippen LogP contribution in [0.15, 0.2) is 64.5 Å². The lowest BCUT2D eigenvalue weighted by Gasteiger charge is -1.97. The van der Waals surface area contributed by atoms with E-state index in [1.807, 2.05) is 18.2 Å². The SMILES string of the molecule is CC=Nc1ccc(S(N)(=O)=O)cc1.Cc1ccccc1. The molecule has 0 aliphatic carbocycles. The van der Waals surface area contributed by atoms with E-state index in [4.69, 9.17) is 5.14 Å². The third-order valence-electron chi connectivity index (χ3n) is 2.38. The van der Waals surface area contributed by atoms with Gasteiger partial charge in [0.15, 0.2) is 0 Å². The molecule has 2 aromatic carbocycles. The fraction of sp³-hybridized carbons (Fsp3) is 0.133. The molecular weight excluding hydrogens is 272 g/mol. The molecule has 20 heavy (non-hydrogen) atoms. The first kappa shape index (κ1) is 16.1. The quantitative estimate of drug-likeness (QED) is 0.863. The van der Waals surface area contributed by atoms with Crippen LogP contribution < -0.4 is 5.14 Å². The molecule has 0 saturated heterocycles. The largest absolute Gasteiger partial charge is 0.262 e. The van der Waals surface area contributed by atoms with E-state index in [0.29, 0.717) is 5.69 Å². The smallest absolute Gasteiger partial charge is 0.238 e. The van der Waals surface area contributed by atoms with Crippen LogP contribution in [0.4, 0.5) is 5.69 Å². The molecule has 2 aromatic rings. The van der Waals surface area contributed by atoms with Crippen LogP contribution in [0.2, 0.25) is 0 Å². The maximum Gasteiger partial charge on any atom is 0.238 e. The van der Waals surface area contributed by atoms with Crippen LogP contribution in [0.1, 0.15) is 12.5 Å². The molecule has 0 aromatic heterocycles. The molecular formula is C15H18N2O2S. The Morgan fingerprint density at radius 2 is 1.55 bits per heavy atom. The highest BCUT2D eigenvalue weighted by Gasteiger charge is 2.05. The van der Waals surface area contributed by atoms with E-state index in [9.17, 15) is 8.42 Å². The summed E-state index contributed by atoms with van der Waals surface area (Å²) < 4.78 is 21.7. The van der Waals surface area contributed by atoms with E-state index >= 15 is 0 Å². The highest BCUT2D eigenvalue weighted by Crippen LogP contribution is 2.14. The minimum Gasteiger partial charge on any atom is -0.262 e. The normalized spacial score (nSPS) is 10.9. The van der Waals surface area contributed by atoms with Crippen molar-refractivity contribution in [2.75, 3.05) is 0 Å². The lowest BCUT2D eigenvalue weighted by Crippen LogP contribution is -2.11. The summed E-state index contributed by atoms with van der Waals surface area (Å²) in [5, 5.41) is 4.91. The number of primary sulfonamides is 1. The van der Waals surface area contributed by atoms with Crippen molar-refractivity contribution in [3.63, 3.8) is 0 Å². The van der Waals surface area contributed by atoms with E-state index in [-0.39, 0.29) is 4.90 Å². The van der Waals surface area contributed by atoms with Gasteiger partial charge in [-0.25, -0.2) is 13.6 Å². The van der Waals surface area contributed by atoms with Crippen molar-refractivity contribution in [1.29, 1.82) is 0 Å². The molecule has 5 heteroatoms. The van der Waals surface area contributed by atoms with E-state index < -0.39 is 10.0 Å². The van der Waals surface area contributed by atoms with Gasteiger partial charge in [-0.15, -0.1) is 0 Å². The van der Waals surface area contributed by atoms with E-state index in [1.165, 1.54) is 17.7 Å². The van der Waals surface area contributed by atoms with Crippen LogP contribution in [0, 0.1) is 6.92 Å². The molecule has 0 aliphatic heterocycles. The van der Waals surface area contributed by atoms with E-state index in [1.54, 1.807) is 25.3 Å². The summed E-state index contributed by atoms with van der Waals surface area (Å²) in [5.41, 5.74) is 2.03. The molecule has 0 fully saturated rings.